The van der Waals surface area contributed by atoms with Crippen LogP contribution in [-0.4, -0.2) is 46.5 Å². The van der Waals surface area contributed by atoms with E-state index in [1.54, 1.807) is 7.11 Å². The van der Waals surface area contributed by atoms with Crippen molar-refractivity contribution in [2.24, 2.45) is 0 Å². The van der Waals surface area contributed by atoms with Gasteiger partial charge in [0, 0.05) is 19.7 Å². The van der Waals surface area contributed by atoms with Crippen LogP contribution in [0.5, 0.6) is 5.75 Å². The van der Waals surface area contributed by atoms with E-state index >= 15 is 0 Å². The van der Waals surface area contributed by atoms with Crippen LogP contribution < -0.4 is 15.4 Å². The van der Waals surface area contributed by atoms with E-state index in [-0.39, 0.29) is 0 Å². The molecule has 1 aromatic rings. The van der Waals surface area contributed by atoms with Crippen molar-refractivity contribution in [3.8, 4) is 5.75 Å². The number of likely N-dealkylation sites (N-methyl/N-ethyl adjacent to an activating group) is 1. The first kappa shape index (κ1) is 17.0. The molecule has 0 aliphatic rings. The van der Waals surface area contributed by atoms with Gasteiger partial charge >= 0.3 is 0 Å². The molecule has 114 valence electrons. The van der Waals surface area contributed by atoms with Crippen molar-refractivity contribution < 1.29 is 9.47 Å². The Hall–Kier alpha value is -1.10. The average molecular weight is 280 g/mol. The van der Waals surface area contributed by atoms with Gasteiger partial charge in [-0.1, -0.05) is 19.1 Å². The highest BCUT2D eigenvalue weighted by Crippen LogP contribution is 2.14. The van der Waals surface area contributed by atoms with E-state index in [4.69, 9.17) is 9.47 Å². The Morgan fingerprint density at radius 3 is 2.80 bits per heavy atom. The molecule has 1 rings (SSSR count). The Balaban J connectivity index is 2.46. The number of hydrogen-bond acceptors (Lipinski definition) is 4. The van der Waals surface area contributed by atoms with Gasteiger partial charge in [-0.2, -0.15) is 0 Å². The molecule has 0 saturated heterocycles. The maximum atomic E-state index is 5.64. The third kappa shape index (κ3) is 6.89. The van der Waals surface area contributed by atoms with Crippen LogP contribution in [0.15, 0.2) is 24.3 Å². The lowest BCUT2D eigenvalue weighted by Crippen LogP contribution is -2.38. The van der Waals surface area contributed by atoms with Crippen molar-refractivity contribution >= 4 is 0 Å². The molecular weight excluding hydrogens is 252 g/mol. The second-order valence-electron chi connectivity index (χ2n) is 4.88. The third-order valence-corrected chi connectivity index (χ3v) is 3.16. The van der Waals surface area contributed by atoms with Crippen LogP contribution in [0.3, 0.4) is 0 Å². The molecule has 0 aliphatic heterocycles. The van der Waals surface area contributed by atoms with Gasteiger partial charge in [0.1, 0.15) is 12.4 Å². The van der Waals surface area contributed by atoms with Gasteiger partial charge in [0.2, 0.25) is 0 Å². The highest BCUT2D eigenvalue weighted by Gasteiger charge is 2.07. The van der Waals surface area contributed by atoms with Crippen LogP contribution >= 0.6 is 0 Å². The van der Waals surface area contributed by atoms with Crippen molar-refractivity contribution in [3.05, 3.63) is 29.8 Å². The quantitative estimate of drug-likeness (QED) is 0.607. The topological polar surface area (TPSA) is 42.5 Å². The second kappa shape index (κ2) is 10.7. The number of hydrogen-bond donors (Lipinski definition) is 2. The van der Waals surface area contributed by atoms with Gasteiger partial charge in [-0.3, -0.25) is 0 Å². The van der Waals surface area contributed by atoms with Crippen LogP contribution in [0.1, 0.15) is 18.9 Å². The average Bonchev–Trinajstić information content (AvgIpc) is 2.47. The van der Waals surface area contributed by atoms with Crippen LogP contribution in [0, 0.1) is 0 Å². The van der Waals surface area contributed by atoms with Crippen molar-refractivity contribution in [2.75, 3.05) is 40.5 Å². The third-order valence-electron chi connectivity index (χ3n) is 3.16. The largest absolute Gasteiger partial charge is 0.491 e. The number of nitrogens with one attached hydrogen (secondary N) is 2. The van der Waals surface area contributed by atoms with Gasteiger partial charge in [0.25, 0.3) is 0 Å². The molecule has 0 aromatic heterocycles. The maximum absolute atomic E-state index is 5.64. The lowest BCUT2D eigenvalue weighted by atomic mass is 10.1. The number of benzene rings is 1. The fourth-order valence-electron chi connectivity index (χ4n) is 2.02. The SMILES string of the molecule is CCCNCC(Cc1cccc(OCCOC)c1)NC. The summed E-state index contributed by atoms with van der Waals surface area (Å²) in [7, 11) is 3.69. The van der Waals surface area contributed by atoms with E-state index < -0.39 is 0 Å². The van der Waals surface area contributed by atoms with Crippen LogP contribution in [0.2, 0.25) is 0 Å². The minimum Gasteiger partial charge on any atom is -0.491 e. The van der Waals surface area contributed by atoms with Gasteiger partial charge in [0.05, 0.1) is 6.61 Å². The lowest BCUT2D eigenvalue weighted by Gasteiger charge is -2.17. The standard InChI is InChI=1S/C16H28N2O2/c1-4-8-18-13-15(17-2)11-14-6-5-7-16(12-14)20-10-9-19-3/h5-7,12,15,17-18H,4,8-11,13H2,1-3H3. The summed E-state index contributed by atoms with van der Waals surface area (Å²) in [6, 6.07) is 8.73. The molecule has 20 heavy (non-hydrogen) atoms. The summed E-state index contributed by atoms with van der Waals surface area (Å²) < 4.78 is 10.6. The maximum Gasteiger partial charge on any atom is 0.119 e. The van der Waals surface area contributed by atoms with E-state index in [0.29, 0.717) is 19.3 Å². The predicted octanol–water partition coefficient (Wildman–Crippen LogP) is 1.84. The van der Waals surface area contributed by atoms with Crippen molar-refractivity contribution in [1.29, 1.82) is 0 Å². The first-order chi connectivity index (χ1) is 9.80. The number of rotatable bonds is 11. The normalized spacial score (nSPS) is 12.3. The molecule has 1 atom stereocenters. The Morgan fingerprint density at radius 1 is 1.25 bits per heavy atom. The molecule has 4 heteroatoms. The van der Waals surface area contributed by atoms with Crippen molar-refractivity contribution in [2.45, 2.75) is 25.8 Å². The van der Waals surface area contributed by atoms with Gasteiger partial charge in [-0.15, -0.1) is 0 Å². The first-order valence-electron chi connectivity index (χ1n) is 7.38. The summed E-state index contributed by atoms with van der Waals surface area (Å²) in [5.41, 5.74) is 1.29. The van der Waals surface area contributed by atoms with Crippen molar-refractivity contribution in [3.63, 3.8) is 0 Å². The monoisotopic (exact) mass is 280 g/mol. The summed E-state index contributed by atoms with van der Waals surface area (Å²) in [5.74, 6) is 0.913. The molecular formula is C16H28N2O2. The molecule has 2 N–H and O–H groups in total. The highest BCUT2D eigenvalue weighted by molar-refractivity contribution is 5.29. The van der Waals surface area contributed by atoms with E-state index in [2.05, 4.69) is 29.7 Å². The fraction of sp³-hybridized carbons (Fsp3) is 0.625. The van der Waals surface area contributed by atoms with Gasteiger partial charge in [-0.05, 0) is 44.1 Å². The van der Waals surface area contributed by atoms with Gasteiger partial charge in [-0.25, -0.2) is 0 Å². The van der Waals surface area contributed by atoms with E-state index in [1.807, 2.05) is 19.2 Å². The zero-order chi connectivity index (χ0) is 14.6. The molecule has 0 fully saturated rings. The van der Waals surface area contributed by atoms with Crippen molar-refractivity contribution in [1.82, 2.24) is 10.6 Å². The molecule has 0 heterocycles. The van der Waals surface area contributed by atoms with Crippen LogP contribution in [0.4, 0.5) is 0 Å². The highest BCUT2D eigenvalue weighted by atomic mass is 16.5. The summed E-state index contributed by atoms with van der Waals surface area (Å²) >= 11 is 0. The zero-order valence-electron chi connectivity index (χ0n) is 12.9. The van der Waals surface area contributed by atoms with E-state index in [1.165, 1.54) is 12.0 Å². The molecule has 0 radical (unpaired) electrons. The molecule has 0 amide bonds. The molecule has 0 saturated carbocycles. The van der Waals surface area contributed by atoms with Crippen LogP contribution in [0.25, 0.3) is 0 Å². The Bertz CT molecular complexity index is 358. The Labute approximate surface area is 122 Å². The van der Waals surface area contributed by atoms with Gasteiger partial charge in [0.15, 0.2) is 0 Å². The van der Waals surface area contributed by atoms with Crippen LogP contribution in [-0.2, 0) is 11.2 Å². The fourth-order valence-corrected chi connectivity index (χ4v) is 2.02. The molecule has 1 aromatic carbocycles. The summed E-state index contributed by atoms with van der Waals surface area (Å²) in [4.78, 5) is 0. The van der Waals surface area contributed by atoms with E-state index in [9.17, 15) is 0 Å². The molecule has 0 bridgehead atoms. The first-order valence-corrected chi connectivity index (χ1v) is 7.38. The van der Waals surface area contributed by atoms with Gasteiger partial charge < -0.3 is 20.1 Å². The Morgan fingerprint density at radius 2 is 2.10 bits per heavy atom. The number of methoxy groups -OCH3 is 1. The minimum absolute atomic E-state index is 0.441. The smallest absolute Gasteiger partial charge is 0.119 e. The molecule has 4 nitrogen and oxygen atoms in total. The Kier molecular flexibility index (Phi) is 9.04. The zero-order valence-corrected chi connectivity index (χ0v) is 12.9. The van der Waals surface area contributed by atoms with E-state index in [0.717, 1.165) is 25.3 Å². The molecule has 0 spiro atoms. The summed E-state index contributed by atoms with van der Waals surface area (Å²) in [5, 5.41) is 6.81. The minimum atomic E-state index is 0.441. The lowest BCUT2D eigenvalue weighted by molar-refractivity contribution is 0.146. The second-order valence-corrected chi connectivity index (χ2v) is 4.88. The molecule has 1 unspecified atom stereocenters. The summed E-state index contributed by atoms with van der Waals surface area (Å²) in [6.07, 6.45) is 2.16. The number of ether oxygens (including phenoxy) is 2. The summed E-state index contributed by atoms with van der Waals surface area (Å²) in [6.45, 7) is 5.44. The molecule has 0 aliphatic carbocycles. The predicted molar refractivity (Wildman–Crippen MR) is 83.5 cm³/mol.